The molecule has 0 atom stereocenters. The van der Waals surface area contributed by atoms with Gasteiger partial charge >= 0.3 is 0 Å². The van der Waals surface area contributed by atoms with Gasteiger partial charge < -0.3 is 4.42 Å². The fourth-order valence-corrected chi connectivity index (χ4v) is 4.85. The van der Waals surface area contributed by atoms with Crippen molar-refractivity contribution in [3.05, 3.63) is 82.1 Å². The number of rotatable bonds is 7. The van der Waals surface area contributed by atoms with Crippen molar-refractivity contribution in [1.29, 1.82) is 5.26 Å². The van der Waals surface area contributed by atoms with E-state index in [2.05, 4.69) is 4.72 Å². The Kier molecular flexibility index (Phi) is 5.81. The summed E-state index contributed by atoms with van der Waals surface area (Å²) in [5, 5.41) is 9.36. The third-order valence-electron chi connectivity index (χ3n) is 5.51. The van der Waals surface area contributed by atoms with Gasteiger partial charge in [0.2, 0.25) is 5.88 Å². The summed E-state index contributed by atoms with van der Waals surface area (Å²) in [6.45, 7) is 2.89. The third-order valence-corrected chi connectivity index (χ3v) is 6.86. The number of anilines is 1. The number of hydrogen-bond donors (Lipinski definition) is 1. The first-order valence-corrected chi connectivity index (χ1v) is 11.7. The van der Waals surface area contributed by atoms with Crippen LogP contribution < -0.4 is 4.72 Å². The van der Waals surface area contributed by atoms with Crippen LogP contribution in [0.1, 0.15) is 54.9 Å². The van der Waals surface area contributed by atoms with E-state index in [0.717, 1.165) is 5.56 Å². The van der Waals surface area contributed by atoms with Gasteiger partial charge in [-0.2, -0.15) is 5.26 Å². The molecule has 1 aliphatic rings. The first kappa shape index (κ1) is 22.9. The Morgan fingerprint density at radius 3 is 2.18 bits per heavy atom. The van der Waals surface area contributed by atoms with Crippen LogP contribution in [0.2, 0.25) is 0 Å². The predicted molar refractivity (Wildman–Crippen MR) is 121 cm³/mol. The van der Waals surface area contributed by atoms with E-state index in [9.17, 15) is 28.1 Å². The second-order valence-corrected chi connectivity index (χ2v) is 9.39. The number of amides is 2. The molecule has 2 heterocycles. The maximum Gasteiger partial charge on any atom is 0.264 e. The molecular formula is C24H19N3O6S. The summed E-state index contributed by atoms with van der Waals surface area (Å²) < 4.78 is 33.1. The SMILES string of the molecule is CC(=O)c1c(C)oc(NS(=O)(=O)c2ccc(CCN3C(=O)c4ccccc4C3=O)cc2)c1C#N. The maximum atomic E-state index is 12.8. The maximum absolute atomic E-state index is 12.8. The number of imide groups is 1. The van der Waals surface area contributed by atoms with Crippen LogP contribution in [-0.2, 0) is 16.4 Å². The molecule has 2 amide bonds. The smallest absolute Gasteiger partial charge is 0.264 e. The summed E-state index contributed by atoms with van der Waals surface area (Å²) in [7, 11) is -4.10. The summed E-state index contributed by atoms with van der Waals surface area (Å²) >= 11 is 0. The number of aryl methyl sites for hydroxylation is 1. The number of fused-ring (bicyclic) bond motifs is 1. The molecule has 0 spiro atoms. The summed E-state index contributed by atoms with van der Waals surface area (Å²) in [5.41, 5.74) is 1.33. The molecule has 0 saturated heterocycles. The lowest BCUT2D eigenvalue weighted by atomic mass is 10.1. The zero-order valence-electron chi connectivity index (χ0n) is 18.3. The summed E-state index contributed by atoms with van der Waals surface area (Å²) in [6, 6.07) is 14.3. The second kappa shape index (κ2) is 8.61. The van der Waals surface area contributed by atoms with Crippen LogP contribution in [0, 0.1) is 18.3 Å². The Hall–Kier alpha value is -4.23. The molecule has 4 rings (SSSR count). The molecule has 0 unspecified atom stereocenters. The van der Waals surface area contributed by atoms with Gasteiger partial charge in [-0.05, 0) is 50.1 Å². The average Bonchev–Trinajstić information content (AvgIpc) is 3.25. The predicted octanol–water partition coefficient (Wildman–Crippen LogP) is 3.30. The number of sulfonamides is 1. The van der Waals surface area contributed by atoms with Gasteiger partial charge in [-0.25, -0.2) is 13.1 Å². The van der Waals surface area contributed by atoms with E-state index in [-0.39, 0.29) is 46.0 Å². The summed E-state index contributed by atoms with van der Waals surface area (Å²) in [4.78, 5) is 37.8. The van der Waals surface area contributed by atoms with Crippen LogP contribution in [0.5, 0.6) is 0 Å². The Morgan fingerprint density at radius 2 is 1.65 bits per heavy atom. The van der Waals surface area contributed by atoms with Crippen LogP contribution >= 0.6 is 0 Å². The van der Waals surface area contributed by atoms with Crippen LogP contribution in [0.3, 0.4) is 0 Å². The number of nitrogens with one attached hydrogen (secondary N) is 1. The molecule has 1 aromatic heterocycles. The lowest BCUT2D eigenvalue weighted by Gasteiger charge is -2.14. The van der Waals surface area contributed by atoms with Gasteiger partial charge in [0.05, 0.1) is 21.6 Å². The monoisotopic (exact) mass is 477 g/mol. The normalized spacial score (nSPS) is 13.0. The van der Waals surface area contributed by atoms with E-state index in [1.807, 2.05) is 0 Å². The van der Waals surface area contributed by atoms with Gasteiger partial charge in [-0.15, -0.1) is 0 Å². The van der Waals surface area contributed by atoms with Crippen molar-refractivity contribution in [2.24, 2.45) is 0 Å². The number of nitriles is 1. The van der Waals surface area contributed by atoms with E-state index in [1.54, 1.807) is 42.5 Å². The Labute approximate surface area is 195 Å². The van der Waals surface area contributed by atoms with Crippen molar-refractivity contribution in [2.45, 2.75) is 25.2 Å². The minimum atomic E-state index is -4.10. The molecule has 0 fully saturated rings. The van der Waals surface area contributed by atoms with E-state index in [0.29, 0.717) is 17.5 Å². The van der Waals surface area contributed by atoms with Crippen molar-refractivity contribution in [3.8, 4) is 6.07 Å². The molecule has 3 aromatic rings. The number of carbonyl (C=O) groups excluding carboxylic acids is 3. The number of ketones is 1. The molecule has 1 aliphatic heterocycles. The first-order chi connectivity index (χ1) is 16.1. The zero-order valence-corrected chi connectivity index (χ0v) is 19.1. The summed E-state index contributed by atoms with van der Waals surface area (Å²) in [5.74, 6) is -1.29. The van der Waals surface area contributed by atoms with Gasteiger partial charge in [0, 0.05) is 6.54 Å². The molecule has 34 heavy (non-hydrogen) atoms. The second-order valence-electron chi connectivity index (χ2n) is 7.71. The molecule has 0 bridgehead atoms. The topological polar surface area (TPSA) is 138 Å². The molecule has 10 heteroatoms. The van der Waals surface area contributed by atoms with Gasteiger partial charge in [0.15, 0.2) is 5.78 Å². The highest BCUT2D eigenvalue weighted by Crippen LogP contribution is 2.29. The fraction of sp³-hybridized carbons (Fsp3) is 0.167. The van der Waals surface area contributed by atoms with Gasteiger partial charge in [-0.1, -0.05) is 24.3 Å². The highest BCUT2D eigenvalue weighted by Gasteiger charge is 2.34. The molecule has 172 valence electrons. The molecule has 0 radical (unpaired) electrons. The number of benzene rings is 2. The molecule has 2 aromatic carbocycles. The number of nitrogens with zero attached hydrogens (tertiary/aromatic N) is 2. The molecular weight excluding hydrogens is 458 g/mol. The lowest BCUT2D eigenvalue weighted by molar-refractivity contribution is 0.0655. The highest BCUT2D eigenvalue weighted by atomic mass is 32.2. The van der Waals surface area contributed by atoms with Gasteiger partial charge in [0.25, 0.3) is 21.8 Å². The van der Waals surface area contributed by atoms with E-state index >= 15 is 0 Å². The van der Waals surface area contributed by atoms with Crippen LogP contribution in [0.25, 0.3) is 0 Å². The third kappa shape index (κ3) is 3.97. The van der Waals surface area contributed by atoms with Crippen molar-refractivity contribution in [3.63, 3.8) is 0 Å². The first-order valence-electron chi connectivity index (χ1n) is 10.3. The van der Waals surface area contributed by atoms with Gasteiger partial charge in [0.1, 0.15) is 17.4 Å². The highest BCUT2D eigenvalue weighted by molar-refractivity contribution is 7.92. The molecule has 9 nitrogen and oxygen atoms in total. The number of Topliss-reactive ketones (excluding diaryl/α,β-unsaturated/α-hetero) is 1. The molecule has 1 N–H and O–H groups in total. The van der Waals surface area contributed by atoms with Gasteiger partial charge in [-0.3, -0.25) is 19.3 Å². The average molecular weight is 477 g/mol. The Bertz CT molecular complexity index is 1440. The minimum Gasteiger partial charge on any atom is -0.443 e. The Balaban J connectivity index is 1.47. The summed E-state index contributed by atoms with van der Waals surface area (Å²) in [6.07, 6.45) is 0.344. The van der Waals surface area contributed by atoms with Crippen molar-refractivity contribution < 1.29 is 27.2 Å². The van der Waals surface area contributed by atoms with Crippen LogP contribution in [0.4, 0.5) is 5.88 Å². The number of carbonyl (C=O) groups is 3. The fourth-order valence-electron chi connectivity index (χ4n) is 3.85. The minimum absolute atomic E-state index is 0.0312. The number of furan rings is 1. The zero-order chi connectivity index (χ0) is 24.6. The van der Waals surface area contributed by atoms with Crippen molar-refractivity contribution >= 4 is 33.5 Å². The molecule has 0 aliphatic carbocycles. The van der Waals surface area contributed by atoms with Crippen molar-refractivity contribution in [2.75, 3.05) is 11.3 Å². The largest absolute Gasteiger partial charge is 0.443 e. The van der Waals surface area contributed by atoms with E-state index in [1.165, 1.54) is 30.9 Å². The van der Waals surface area contributed by atoms with Crippen molar-refractivity contribution in [1.82, 2.24) is 4.90 Å². The lowest BCUT2D eigenvalue weighted by Crippen LogP contribution is -2.31. The van der Waals surface area contributed by atoms with Crippen LogP contribution in [-0.4, -0.2) is 37.5 Å². The van der Waals surface area contributed by atoms with E-state index < -0.39 is 15.8 Å². The Morgan fingerprint density at radius 1 is 1.06 bits per heavy atom. The quantitative estimate of drug-likeness (QED) is 0.407. The van der Waals surface area contributed by atoms with E-state index in [4.69, 9.17) is 4.42 Å². The molecule has 0 saturated carbocycles. The standard InChI is InChI=1S/C24H19N3O6S/c1-14(28)21-15(2)33-22(20(21)13-25)26-34(31,32)17-9-7-16(8-10-17)11-12-27-23(29)18-5-3-4-6-19(18)24(27)30/h3-10,26H,11-12H2,1-2H3. The number of hydrogen-bond acceptors (Lipinski definition) is 7. The van der Waals surface area contributed by atoms with Crippen LogP contribution in [0.15, 0.2) is 57.8 Å².